The first-order chi connectivity index (χ1) is 11.3. The maximum Gasteiger partial charge on any atom is 0.152 e. The Morgan fingerprint density at radius 3 is 2.74 bits per heavy atom. The van der Waals surface area contributed by atoms with E-state index < -0.39 is 0 Å². The summed E-state index contributed by atoms with van der Waals surface area (Å²) >= 11 is 0. The van der Waals surface area contributed by atoms with E-state index >= 15 is 0 Å². The molecule has 2 heterocycles. The number of nitrogens with one attached hydrogen (secondary N) is 1. The van der Waals surface area contributed by atoms with Crippen LogP contribution in [-0.4, -0.2) is 12.3 Å². The Kier molecular flexibility index (Phi) is 3.46. The Hall–Kier alpha value is -2.81. The van der Waals surface area contributed by atoms with Crippen LogP contribution in [0, 0.1) is 5.92 Å². The van der Waals surface area contributed by atoms with Crippen LogP contribution in [-0.2, 0) is 0 Å². The van der Waals surface area contributed by atoms with E-state index in [1.54, 1.807) is 0 Å². The van der Waals surface area contributed by atoms with Gasteiger partial charge in [-0.15, -0.1) is 0 Å². The summed E-state index contributed by atoms with van der Waals surface area (Å²) in [6.45, 7) is 2.96. The van der Waals surface area contributed by atoms with Gasteiger partial charge >= 0.3 is 0 Å². The van der Waals surface area contributed by atoms with E-state index in [9.17, 15) is 0 Å². The van der Waals surface area contributed by atoms with E-state index in [1.165, 1.54) is 11.1 Å². The third-order valence-electron chi connectivity index (χ3n) is 4.25. The second kappa shape index (κ2) is 5.76. The van der Waals surface area contributed by atoms with Crippen molar-refractivity contribution >= 4 is 22.8 Å². The second-order valence-electron chi connectivity index (χ2n) is 5.86. The van der Waals surface area contributed by atoms with Crippen molar-refractivity contribution in [2.75, 3.05) is 6.54 Å². The molecule has 0 saturated heterocycles. The molecular weight excluding hydrogens is 284 g/mol. The van der Waals surface area contributed by atoms with Crippen LogP contribution in [0.25, 0.3) is 17.0 Å². The van der Waals surface area contributed by atoms with E-state index in [0.29, 0.717) is 0 Å². The molecule has 2 aromatic carbocycles. The summed E-state index contributed by atoms with van der Waals surface area (Å²) in [5, 5.41) is 5.59. The molecule has 0 radical (unpaired) electrons. The topological polar surface area (TPSA) is 37.5 Å². The number of benzene rings is 2. The molecule has 1 N–H and O–H groups in total. The van der Waals surface area contributed by atoms with Gasteiger partial charge in [-0.2, -0.15) is 5.10 Å². The lowest BCUT2D eigenvalue weighted by Crippen LogP contribution is -2.17. The monoisotopic (exact) mass is 302 g/mol. The molecule has 23 heavy (non-hydrogen) atoms. The summed E-state index contributed by atoms with van der Waals surface area (Å²) in [5.41, 5.74) is 7.49. The highest BCUT2D eigenvalue weighted by Gasteiger charge is 2.26. The molecule has 114 valence electrons. The van der Waals surface area contributed by atoms with Crippen LogP contribution in [0.5, 0.6) is 0 Å². The number of para-hydroxylation sites is 1. The normalized spacial score (nSPS) is 18.0. The zero-order chi connectivity index (χ0) is 15.6. The lowest BCUT2D eigenvalue weighted by Gasteiger charge is -2.11. The molecule has 4 rings (SSSR count). The third-order valence-corrected chi connectivity index (χ3v) is 4.25. The minimum absolute atomic E-state index is 0.232. The van der Waals surface area contributed by atoms with Gasteiger partial charge in [0.05, 0.1) is 0 Å². The number of rotatable bonds is 3. The lowest BCUT2D eigenvalue weighted by molar-refractivity contribution is 0.599. The largest absolute Gasteiger partial charge is 0.455 e. The van der Waals surface area contributed by atoms with Crippen LogP contribution < -0.4 is 5.43 Å². The quantitative estimate of drug-likeness (QED) is 0.775. The Labute approximate surface area is 135 Å². The van der Waals surface area contributed by atoms with Crippen molar-refractivity contribution in [3.05, 3.63) is 77.6 Å². The average molecular weight is 302 g/mol. The minimum Gasteiger partial charge on any atom is -0.455 e. The van der Waals surface area contributed by atoms with E-state index in [-0.39, 0.29) is 5.92 Å². The molecule has 0 fully saturated rings. The molecule has 3 aromatic rings. The molecule has 0 aliphatic carbocycles. The van der Waals surface area contributed by atoms with Gasteiger partial charge < -0.3 is 9.84 Å². The molecular formula is C20H18N2O. The number of fused-ring (bicyclic) bond motifs is 1. The molecule has 0 amide bonds. The zero-order valence-corrected chi connectivity index (χ0v) is 13.0. The zero-order valence-electron chi connectivity index (χ0n) is 13.0. The molecule has 1 aliphatic rings. The second-order valence-corrected chi connectivity index (χ2v) is 5.86. The van der Waals surface area contributed by atoms with Crippen LogP contribution >= 0.6 is 0 Å². The summed E-state index contributed by atoms with van der Waals surface area (Å²) in [7, 11) is 0. The van der Waals surface area contributed by atoms with Gasteiger partial charge in [0, 0.05) is 17.8 Å². The van der Waals surface area contributed by atoms with Crippen molar-refractivity contribution < 1.29 is 4.42 Å². The fourth-order valence-electron chi connectivity index (χ4n) is 3.02. The summed E-state index contributed by atoms with van der Waals surface area (Å²) in [4.78, 5) is 0. The minimum atomic E-state index is 0.232. The van der Waals surface area contributed by atoms with Crippen LogP contribution in [0.1, 0.15) is 18.2 Å². The SMILES string of the molecule is C/C(=C/c1ccccc1)C1CNN=C1c1cc2ccccc2o1. The van der Waals surface area contributed by atoms with Crippen LogP contribution in [0.3, 0.4) is 0 Å². The van der Waals surface area contributed by atoms with E-state index in [0.717, 1.165) is 29.0 Å². The van der Waals surface area contributed by atoms with Crippen LogP contribution in [0.4, 0.5) is 0 Å². The first kappa shape index (κ1) is 13.8. The van der Waals surface area contributed by atoms with Gasteiger partial charge in [0.2, 0.25) is 0 Å². The number of furan rings is 1. The van der Waals surface area contributed by atoms with Gasteiger partial charge in [0.25, 0.3) is 0 Å². The number of nitrogens with zero attached hydrogens (tertiary/aromatic N) is 1. The van der Waals surface area contributed by atoms with Crippen molar-refractivity contribution in [3.8, 4) is 0 Å². The first-order valence-corrected chi connectivity index (χ1v) is 7.84. The van der Waals surface area contributed by atoms with Gasteiger partial charge in [-0.1, -0.05) is 60.2 Å². The molecule has 3 nitrogen and oxygen atoms in total. The van der Waals surface area contributed by atoms with Crippen LogP contribution in [0.15, 0.2) is 75.8 Å². The molecule has 3 heteroatoms. The van der Waals surface area contributed by atoms with Crippen molar-refractivity contribution in [2.24, 2.45) is 11.0 Å². The van der Waals surface area contributed by atoms with E-state index in [1.807, 2.05) is 24.3 Å². The fraction of sp³-hybridized carbons (Fsp3) is 0.150. The van der Waals surface area contributed by atoms with Crippen LogP contribution in [0.2, 0.25) is 0 Å². The lowest BCUT2D eigenvalue weighted by atomic mass is 9.93. The summed E-state index contributed by atoms with van der Waals surface area (Å²) < 4.78 is 5.98. The summed E-state index contributed by atoms with van der Waals surface area (Å²) in [6.07, 6.45) is 2.22. The Balaban J connectivity index is 1.67. The molecule has 1 aliphatic heterocycles. The van der Waals surface area contributed by atoms with E-state index in [4.69, 9.17) is 4.42 Å². The average Bonchev–Trinajstić information content (AvgIpc) is 3.22. The van der Waals surface area contributed by atoms with Gasteiger partial charge in [-0.05, 0) is 24.6 Å². The molecule has 1 aromatic heterocycles. The molecule has 0 bridgehead atoms. The van der Waals surface area contributed by atoms with E-state index in [2.05, 4.69) is 59.9 Å². The fourth-order valence-corrected chi connectivity index (χ4v) is 3.02. The highest BCUT2D eigenvalue weighted by Crippen LogP contribution is 2.27. The van der Waals surface area contributed by atoms with Crippen molar-refractivity contribution in [2.45, 2.75) is 6.92 Å². The van der Waals surface area contributed by atoms with Crippen molar-refractivity contribution in [1.29, 1.82) is 0 Å². The van der Waals surface area contributed by atoms with Crippen molar-refractivity contribution in [3.63, 3.8) is 0 Å². The van der Waals surface area contributed by atoms with Gasteiger partial charge in [-0.3, -0.25) is 0 Å². The van der Waals surface area contributed by atoms with Gasteiger partial charge in [0.1, 0.15) is 11.3 Å². The standard InChI is InChI=1S/C20H18N2O/c1-14(11-15-7-3-2-4-8-15)17-13-21-22-20(17)19-12-16-9-5-6-10-18(16)23-19/h2-12,17,21H,13H2,1H3/b14-11-. The number of hydrogen-bond acceptors (Lipinski definition) is 3. The predicted molar refractivity (Wildman–Crippen MR) is 94.3 cm³/mol. The Morgan fingerprint density at radius 2 is 1.91 bits per heavy atom. The van der Waals surface area contributed by atoms with Crippen molar-refractivity contribution in [1.82, 2.24) is 5.43 Å². The number of hydrazone groups is 1. The van der Waals surface area contributed by atoms with Gasteiger partial charge in [-0.25, -0.2) is 0 Å². The molecule has 0 spiro atoms. The Bertz CT molecular complexity index is 857. The maximum atomic E-state index is 5.98. The van der Waals surface area contributed by atoms with Gasteiger partial charge in [0.15, 0.2) is 5.76 Å². The summed E-state index contributed by atoms with van der Waals surface area (Å²) in [5.74, 6) is 1.08. The highest BCUT2D eigenvalue weighted by atomic mass is 16.3. The predicted octanol–water partition coefficient (Wildman–Crippen LogP) is 4.46. The molecule has 1 atom stereocenters. The Morgan fingerprint density at radius 1 is 1.13 bits per heavy atom. The molecule has 0 saturated carbocycles. The number of hydrogen-bond donors (Lipinski definition) is 1. The summed E-state index contributed by atoms with van der Waals surface area (Å²) in [6, 6.07) is 20.5. The maximum absolute atomic E-state index is 5.98. The smallest absolute Gasteiger partial charge is 0.152 e. The third kappa shape index (κ3) is 2.66. The first-order valence-electron chi connectivity index (χ1n) is 7.84. The molecule has 1 unspecified atom stereocenters. The highest BCUT2D eigenvalue weighted by molar-refractivity contribution is 6.05.